The minimum absolute atomic E-state index is 0.499. The largest absolute Gasteiger partial charge is 0.457 e. The van der Waals surface area contributed by atoms with Gasteiger partial charge in [-0.15, -0.1) is 0 Å². The Morgan fingerprint density at radius 1 is 0.243 bits per heavy atom. The molecular formula is C103H62N6O2. The molecule has 0 fully saturated rings. The summed E-state index contributed by atoms with van der Waals surface area (Å²) in [6.07, 6.45) is 0. The Balaban J connectivity index is 0.672. The maximum absolute atomic E-state index is 7.33. The normalized spacial score (nSPS) is 14.4. The standard InChI is InChI=1S/C103H62N6O2/c1-4-27-65(28-5-1)99-104-100(106-101(105-99)109-92-62-96-89(60-82(92)79-55-48-64-26-11-13-36-74(64)98(79)109)102(87-43-20-22-45-93(87)111-96)83-40-17-14-37-75(83)76-38-15-18-41-84(76)102)68-30-24-29-66(57-68)67-49-56-86-80(58-67)77-39-16-19-42-85(77)103(86)88-44-21-23-46-94(88)110-95-61-91-81(59-90(95)103)78-54-47-63-25-10-12-35-73(63)97(78)108(91)72-52-50-71(51-53-72)107(69-31-6-2-7-32-69)70-33-8-3-9-34-70/h1-62H. The first-order valence-electron chi connectivity index (χ1n) is 38.0. The molecule has 4 aliphatic rings. The first-order chi connectivity index (χ1) is 55.0. The van der Waals surface area contributed by atoms with E-state index < -0.39 is 10.8 Å². The van der Waals surface area contributed by atoms with E-state index in [1.807, 2.05) is 18.2 Å². The molecule has 2 spiro atoms. The molecule has 1 unspecified atom stereocenters. The minimum atomic E-state index is -0.756. The van der Waals surface area contributed by atoms with Crippen LogP contribution in [0.5, 0.6) is 23.0 Å². The lowest BCUT2D eigenvalue weighted by Crippen LogP contribution is -2.32. The summed E-state index contributed by atoms with van der Waals surface area (Å²) in [7, 11) is 0. The molecule has 516 valence electrons. The van der Waals surface area contributed by atoms with Crippen molar-refractivity contribution < 1.29 is 9.47 Å². The van der Waals surface area contributed by atoms with Crippen molar-refractivity contribution in [1.29, 1.82) is 0 Å². The van der Waals surface area contributed by atoms with E-state index in [0.717, 1.165) is 139 Å². The SMILES string of the molecule is c1ccc(-c2nc(-c3cccc(-c4ccc5c(c4)-c4ccccc4C54c5ccccc5Oc5cc6c(cc54)c4ccc5ccccc5c4n6-c4ccc(N(c5ccccc5)c5ccccc5)cc4)c3)nc(-n3c4cc5c(cc4c4ccc6ccccc6c43)C3(c4ccccc4O5)c4ccccc4-c4ccccc43)n2)cc1. The Bertz CT molecular complexity index is 7260. The molecule has 17 aromatic carbocycles. The van der Waals surface area contributed by atoms with Gasteiger partial charge in [-0.05, 0) is 151 Å². The van der Waals surface area contributed by atoms with Crippen molar-refractivity contribution in [3.8, 4) is 90.8 Å². The molecule has 5 heterocycles. The molecule has 111 heavy (non-hydrogen) atoms. The third-order valence-electron chi connectivity index (χ3n) is 24.0. The zero-order valence-electron chi connectivity index (χ0n) is 59.8. The first kappa shape index (κ1) is 61.4. The highest BCUT2D eigenvalue weighted by molar-refractivity contribution is 6.21. The number of benzene rings is 17. The van der Waals surface area contributed by atoms with E-state index in [1.54, 1.807) is 0 Å². The average molecular weight is 1420 g/mol. The van der Waals surface area contributed by atoms with Crippen LogP contribution in [0.4, 0.5) is 17.1 Å². The second-order valence-corrected chi connectivity index (χ2v) is 29.6. The molecule has 0 radical (unpaired) electrons. The molecular weight excluding hydrogens is 1350 g/mol. The maximum Gasteiger partial charge on any atom is 0.238 e. The molecule has 0 N–H and O–H groups in total. The maximum atomic E-state index is 7.33. The van der Waals surface area contributed by atoms with Gasteiger partial charge in [-0.1, -0.05) is 279 Å². The zero-order valence-corrected chi connectivity index (χ0v) is 59.8. The lowest BCUT2D eigenvalue weighted by Gasteiger charge is -2.39. The van der Waals surface area contributed by atoms with Crippen LogP contribution in [0.3, 0.4) is 0 Å². The van der Waals surface area contributed by atoms with Crippen molar-refractivity contribution in [2.45, 2.75) is 10.8 Å². The molecule has 8 nitrogen and oxygen atoms in total. The zero-order chi connectivity index (χ0) is 72.6. The van der Waals surface area contributed by atoms with Gasteiger partial charge < -0.3 is 18.9 Å². The van der Waals surface area contributed by atoms with Crippen LogP contribution in [0.1, 0.15) is 44.5 Å². The third-order valence-corrected chi connectivity index (χ3v) is 24.0. The summed E-state index contributed by atoms with van der Waals surface area (Å²) in [4.78, 5) is 19.0. The number of anilines is 3. The molecule has 24 rings (SSSR count). The summed E-state index contributed by atoms with van der Waals surface area (Å²) in [5.74, 6) is 4.87. The molecule has 1 atom stereocenters. The first-order valence-corrected chi connectivity index (χ1v) is 38.0. The van der Waals surface area contributed by atoms with E-state index in [2.05, 4.69) is 372 Å². The van der Waals surface area contributed by atoms with Crippen LogP contribution < -0.4 is 14.4 Å². The van der Waals surface area contributed by atoms with Gasteiger partial charge in [0, 0.05) is 101 Å². The van der Waals surface area contributed by atoms with E-state index in [-0.39, 0.29) is 0 Å². The van der Waals surface area contributed by atoms with Gasteiger partial charge in [-0.25, -0.2) is 4.98 Å². The smallest absolute Gasteiger partial charge is 0.238 e. The van der Waals surface area contributed by atoms with E-state index in [0.29, 0.717) is 17.6 Å². The number of fused-ring (bicyclic) bond motifs is 28. The Morgan fingerprint density at radius 3 is 1.23 bits per heavy atom. The van der Waals surface area contributed by atoms with E-state index >= 15 is 0 Å². The van der Waals surface area contributed by atoms with Gasteiger partial charge in [-0.3, -0.25) is 4.57 Å². The van der Waals surface area contributed by atoms with Gasteiger partial charge in [0.15, 0.2) is 11.6 Å². The number of nitrogens with zero attached hydrogens (tertiary/aromatic N) is 6. The van der Waals surface area contributed by atoms with Crippen LogP contribution in [-0.2, 0) is 10.8 Å². The van der Waals surface area contributed by atoms with Crippen molar-refractivity contribution in [3.63, 3.8) is 0 Å². The molecule has 0 bridgehead atoms. The fourth-order valence-electron chi connectivity index (χ4n) is 19.5. The van der Waals surface area contributed by atoms with Crippen molar-refractivity contribution in [2.24, 2.45) is 0 Å². The third kappa shape index (κ3) is 8.66. The summed E-state index contributed by atoms with van der Waals surface area (Å²) < 4.78 is 19.3. The highest BCUT2D eigenvalue weighted by Gasteiger charge is 2.53. The van der Waals surface area contributed by atoms with E-state index in [4.69, 9.17) is 24.4 Å². The lowest BCUT2D eigenvalue weighted by molar-refractivity contribution is 0.437. The second-order valence-electron chi connectivity index (χ2n) is 29.6. The number of rotatable bonds is 8. The van der Waals surface area contributed by atoms with Gasteiger partial charge in [0.05, 0.1) is 32.9 Å². The van der Waals surface area contributed by atoms with Crippen LogP contribution >= 0.6 is 0 Å². The lowest BCUT2D eigenvalue weighted by atomic mass is 9.66. The summed E-state index contributed by atoms with van der Waals surface area (Å²) in [5.41, 5.74) is 25.0. The molecule has 0 amide bonds. The van der Waals surface area contributed by atoms with Gasteiger partial charge >= 0.3 is 0 Å². The summed E-state index contributed by atoms with van der Waals surface area (Å²) in [5, 5.41) is 9.02. The fourth-order valence-corrected chi connectivity index (χ4v) is 19.5. The molecule has 0 saturated heterocycles. The summed E-state index contributed by atoms with van der Waals surface area (Å²) in [6, 6.07) is 136. The van der Waals surface area contributed by atoms with Gasteiger partial charge in [0.2, 0.25) is 5.95 Å². The number of ether oxygens (including phenoxy) is 2. The Hall–Kier alpha value is -14.7. The van der Waals surface area contributed by atoms with Crippen molar-refractivity contribution in [2.75, 3.05) is 4.90 Å². The average Bonchev–Trinajstić information content (AvgIpc) is 1.54. The summed E-state index contributed by atoms with van der Waals surface area (Å²) >= 11 is 0. The Labute approximate surface area is 638 Å². The Morgan fingerprint density at radius 2 is 0.667 bits per heavy atom. The summed E-state index contributed by atoms with van der Waals surface area (Å²) in [6.45, 7) is 0. The monoisotopic (exact) mass is 1410 g/mol. The van der Waals surface area contributed by atoms with E-state index in [9.17, 15) is 0 Å². The van der Waals surface area contributed by atoms with E-state index in [1.165, 1.54) is 60.7 Å². The van der Waals surface area contributed by atoms with Gasteiger partial charge in [0.1, 0.15) is 23.0 Å². The Kier molecular flexibility index (Phi) is 12.9. The highest BCUT2D eigenvalue weighted by atomic mass is 16.5. The van der Waals surface area contributed by atoms with Crippen LogP contribution in [0.2, 0.25) is 0 Å². The predicted molar refractivity (Wildman–Crippen MR) is 449 cm³/mol. The van der Waals surface area contributed by atoms with Gasteiger partial charge in [0.25, 0.3) is 0 Å². The predicted octanol–water partition coefficient (Wildman–Crippen LogP) is 25.8. The van der Waals surface area contributed by atoms with Crippen LogP contribution in [-0.4, -0.2) is 24.1 Å². The molecule has 8 heteroatoms. The van der Waals surface area contributed by atoms with Crippen LogP contribution in [0.15, 0.2) is 376 Å². The number of aromatic nitrogens is 5. The highest BCUT2D eigenvalue weighted by Crippen LogP contribution is 2.65. The van der Waals surface area contributed by atoms with Crippen LogP contribution in [0, 0.1) is 0 Å². The quantitative estimate of drug-likeness (QED) is 0.151. The fraction of sp³-hybridized carbons (Fsp3) is 0.0194. The van der Waals surface area contributed by atoms with Gasteiger partial charge in [-0.2, -0.15) is 9.97 Å². The molecule has 3 aromatic heterocycles. The minimum Gasteiger partial charge on any atom is -0.457 e. The molecule has 20 aromatic rings. The number of hydrogen-bond acceptors (Lipinski definition) is 6. The molecule has 0 saturated carbocycles. The molecule has 2 aliphatic carbocycles. The molecule has 2 aliphatic heterocycles. The van der Waals surface area contributed by atoms with Crippen molar-refractivity contribution in [3.05, 3.63) is 421 Å². The van der Waals surface area contributed by atoms with Crippen molar-refractivity contribution >= 4 is 82.2 Å². The van der Waals surface area contributed by atoms with Crippen molar-refractivity contribution in [1.82, 2.24) is 24.1 Å². The number of hydrogen-bond donors (Lipinski definition) is 0. The second kappa shape index (κ2) is 23.4. The number of para-hydroxylation sites is 4. The van der Waals surface area contributed by atoms with Crippen LogP contribution in [0.25, 0.3) is 133 Å². The topological polar surface area (TPSA) is 70.2 Å².